The van der Waals surface area contributed by atoms with Crippen LogP contribution in [0.4, 0.5) is 10.1 Å². The number of carbonyl (C=O) groups is 1. The highest BCUT2D eigenvalue weighted by molar-refractivity contribution is 5.94. The van der Waals surface area contributed by atoms with Gasteiger partial charge in [-0.15, -0.1) is 0 Å². The highest BCUT2D eigenvalue weighted by Crippen LogP contribution is 2.26. The molecule has 3 atom stereocenters. The minimum atomic E-state index is -1.00. The highest BCUT2D eigenvalue weighted by atomic mass is 19.1. The number of amides is 1. The Kier molecular flexibility index (Phi) is 6.68. The van der Waals surface area contributed by atoms with Crippen molar-refractivity contribution in [1.82, 2.24) is 26.3 Å². The number of carbonyl (C=O) groups excluding carboxylic acids is 1. The van der Waals surface area contributed by atoms with Crippen molar-refractivity contribution >= 4 is 11.6 Å². The Hall–Kier alpha value is -1.69. The predicted octanol–water partition coefficient (Wildman–Crippen LogP) is -1.64. The Morgan fingerprint density at radius 2 is 1.96 bits per heavy atom. The molecule has 3 unspecified atom stereocenters. The molecule has 1 aromatic rings. The molecule has 10 heteroatoms. The summed E-state index contributed by atoms with van der Waals surface area (Å²) in [6, 6.07) is 2.13. The second-order valence-corrected chi connectivity index (χ2v) is 7.12. The third kappa shape index (κ3) is 4.78. The molecule has 3 heterocycles. The zero-order valence-electron chi connectivity index (χ0n) is 15.4. The average Bonchev–Trinajstić information content (AvgIpc) is 2.64. The van der Waals surface area contributed by atoms with E-state index in [1.54, 1.807) is 12.4 Å². The molecule has 2 aliphatic rings. The number of hydrogen-bond acceptors (Lipinski definition) is 8. The first-order chi connectivity index (χ1) is 13.0. The van der Waals surface area contributed by atoms with Gasteiger partial charge in [0.1, 0.15) is 6.17 Å². The number of aromatic nitrogens is 1. The van der Waals surface area contributed by atoms with E-state index in [9.17, 15) is 9.18 Å². The van der Waals surface area contributed by atoms with Crippen LogP contribution in [0.1, 0.15) is 18.5 Å². The van der Waals surface area contributed by atoms with Gasteiger partial charge in [-0.2, -0.15) is 0 Å². The fourth-order valence-corrected chi connectivity index (χ4v) is 3.65. The Morgan fingerprint density at radius 3 is 2.63 bits per heavy atom. The van der Waals surface area contributed by atoms with E-state index in [0.717, 1.165) is 18.7 Å². The van der Waals surface area contributed by atoms with Crippen LogP contribution in [0, 0.1) is 5.92 Å². The molecule has 0 saturated carbocycles. The summed E-state index contributed by atoms with van der Waals surface area (Å²) in [6.45, 7) is 4.12. The molecule has 2 aliphatic heterocycles. The summed E-state index contributed by atoms with van der Waals surface area (Å²) in [7, 11) is 0. The number of halogens is 1. The first-order valence-corrected chi connectivity index (χ1v) is 9.31. The van der Waals surface area contributed by atoms with Crippen molar-refractivity contribution in [3.63, 3.8) is 0 Å². The molecule has 27 heavy (non-hydrogen) atoms. The summed E-state index contributed by atoms with van der Waals surface area (Å²) < 4.78 is 13.4. The van der Waals surface area contributed by atoms with Crippen molar-refractivity contribution < 1.29 is 9.18 Å². The molecule has 0 spiro atoms. The number of pyridine rings is 1. The van der Waals surface area contributed by atoms with Crippen LogP contribution < -0.4 is 38.1 Å². The van der Waals surface area contributed by atoms with Gasteiger partial charge in [-0.3, -0.25) is 20.4 Å². The molecule has 3 rings (SSSR count). The van der Waals surface area contributed by atoms with Crippen molar-refractivity contribution in [2.45, 2.75) is 37.5 Å². The molecule has 0 aliphatic carbocycles. The predicted molar refractivity (Wildman–Crippen MR) is 101 cm³/mol. The Bertz CT molecular complexity index is 637. The van der Waals surface area contributed by atoms with E-state index >= 15 is 0 Å². The molecule has 0 aromatic carbocycles. The number of piperazine rings is 1. The number of rotatable bonds is 5. The largest absolute Gasteiger partial charge is 0.324 e. The van der Waals surface area contributed by atoms with Crippen molar-refractivity contribution in [3.8, 4) is 0 Å². The van der Waals surface area contributed by atoms with Gasteiger partial charge in [0.25, 0.3) is 0 Å². The second-order valence-electron chi connectivity index (χ2n) is 7.12. The summed E-state index contributed by atoms with van der Waals surface area (Å²) in [6.07, 6.45) is 0.918. The van der Waals surface area contributed by atoms with Gasteiger partial charge in [0.15, 0.2) is 0 Å². The minimum Gasteiger partial charge on any atom is -0.324 e. The van der Waals surface area contributed by atoms with Crippen LogP contribution in [0.15, 0.2) is 18.5 Å². The van der Waals surface area contributed by atoms with Crippen LogP contribution in [-0.2, 0) is 4.79 Å². The molecule has 150 valence electrons. The first kappa shape index (κ1) is 20.1. The Labute approximate surface area is 158 Å². The van der Waals surface area contributed by atoms with E-state index in [2.05, 4.69) is 38.5 Å². The van der Waals surface area contributed by atoms with Crippen LogP contribution in [0.5, 0.6) is 0 Å². The summed E-state index contributed by atoms with van der Waals surface area (Å²) in [4.78, 5) is 17.1. The lowest BCUT2D eigenvalue weighted by Gasteiger charge is -2.35. The normalized spacial score (nSPS) is 30.1. The maximum absolute atomic E-state index is 13.4. The van der Waals surface area contributed by atoms with Gasteiger partial charge in [-0.05, 0) is 18.6 Å². The Balaban J connectivity index is 1.76. The maximum atomic E-state index is 13.4. The van der Waals surface area contributed by atoms with E-state index in [1.165, 1.54) is 0 Å². The summed E-state index contributed by atoms with van der Waals surface area (Å²) in [5, 5.41) is 15.7. The molecule has 9 N–H and O–H groups in total. The van der Waals surface area contributed by atoms with E-state index in [-0.39, 0.29) is 31.1 Å². The average molecular weight is 380 g/mol. The quantitative estimate of drug-likeness (QED) is 0.302. The standard InChI is InChI=1S/C17H29FN8O/c1-9-14(23-5-4-22-9)11-2-3-21-8-12(11)26-17(27)13(15(19)20)16-24-6-10(18)7-25-16/h2-3,8-10,13-16,22-25H,4-7,19-20H2,1H3,(H,26,27). The molecule has 0 bridgehead atoms. The number of nitrogens with zero attached hydrogens (tertiary/aromatic N) is 1. The molecule has 1 aromatic heterocycles. The number of alkyl halides is 1. The van der Waals surface area contributed by atoms with Gasteiger partial charge in [0.05, 0.1) is 30.1 Å². The van der Waals surface area contributed by atoms with Crippen LogP contribution in [0.25, 0.3) is 0 Å². The molecular weight excluding hydrogens is 351 g/mol. The molecule has 2 saturated heterocycles. The van der Waals surface area contributed by atoms with Crippen molar-refractivity contribution in [1.29, 1.82) is 0 Å². The van der Waals surface area contributed by atoms with E-state index in [4.69, 9.17) is 11.5 Å². The maximum Gasteiger partial charge on any atom is 0.233 e. The van der Waals surface area contributed by atoms with Crippen LogP contribution in [0.3, 0.4) is 0 Å². The van der Waals surface area contributed by atoms with Crippen LogP contribution in [0.2, 0.25) is 0 Å². The zero-order chi connectivity index (χ0) is 19.4. The van der Waals surface area contributed by atoms with Gasteiger partial charge in [-0.25, -0.2) is 4.39 Å². The summed E-state index contributed by atoms with van der Waals surface area (Å²) in [5.41, 5.74) is 13.3. The van der Waals surface area contributed by atoms with E-state index in [1.807, 2.05) is 6.07 Å². The van der Waals surface area contributed by atoms with Crippen LogP contribution in [-0.4, -0.2) is 61.6 Å². The molecule has 2 fully saturated rings. The van der Waals surface area contributed by atoms with Crippen LogP contribution >= 0.6 is 0 Å². The number of nitrogens with one attached hydrogen (secondary N) is 5. The van der Waals surface area contributed by atoms with Crippen molar-refractivity contribution in [2.24, 2.45) is 17.4 Å². The lowest BCUT2D eigenvalue weighted by molar-refractivity contribution is -0.122. The lowest BCUT2D eigenvalue weighted by atomic mass is 9.96. The molecular formula is C17H29FN8O. The monoisotopic (exact) mass is 380 g/mol. The molecule has 1 amide bonds. The number of anilines is 1. The molecule has 0 radical (unpaired) electrons. The van der Waals surface area contributed by atoms with E-state index < -0.39 is 24.4 Å². The fraction of sp³-hybridized carbons (Fsp3) is 0.647. The number of hydrogen-bond donors (Lipinski definition) is 7. The minimum absolute atomic E-state index is 0.0419. The van der Waals surface area contributed by atoms with Crippen molar-refractivity contribution in [3.05, 3.63) is 24.0 Å². The van der Waals surface area contributed by atoms with Gasteiger partial charge >= 0.3 is 0 Å². The lowest BCUT2D eigenvalue weighted by Crippen LogP contribution is -2.64. The third-order valence-electron chi connectivity index (χ3n) is 5.10. The topological polar surface area (TPSA) is 142 Å². The van der Waals surface area contributed by atoms with Gasteiger partial charge < -0.3 is 27.4 Å². The zero-order valence-corrected chi connectivity index (χ0v) is 15.4. The number of nitrogens with two attached hydrogens (primary N) is 2. The highest BCUT2D eigenvalue weighted by Gasteiger charge is 2.35. The van der Waals surface area contributed by atoms with Gasteiger partial charge in [0.2, 0.25) is 5.91 Å². The van der Waals surface area contributed by atoms with Crippen molar-refractivity contribution in [2.75, 3.05) is 31.5 Å². The Morgan fingerprint density at radius 1 is 1.26 bits per heavy atom. The second kappa shape index (κ2) is 9.00. The first-order valence-electron chi connectivity index (χ1n) is 9.31. The van der Waals surface area contributed by atoms with E-state index in [0.29, 0.717) is 5.69 Å². The fourth-order valence-electron chi connectivity index (χ4n) is 3.65. The summed E-state index contributed by atoms with van der Waals surface area (Å²) in [5.74, 6) is -1.10. The SMILES string of the molecule is CC1NCCNC1c1ccncc1NC(=O)C(C(N)N)C1NCC(F)CN1. The summed E-state index contributed by atoms with van der Waals surface area (Å²) >= 11 is 0. The third-order valence-corrected chi connectivity index (χ3v) is 5.10. The molecule has 9 nitrogen and oxygen atoms in total. The van der Waals surface area contributed by atoms with Gasteiger partial charge in [0, 0.05) is 44.5 Å². The smallest absolute Gasteiger partial charge is 0.233 e. The van der Waals surface area contributed by atoms with Gasteiger partial charge in [-0.1, -0.05) is 0 Å².